The molecule has 0 aliphatic carbocycles. The predicted molar refractivity (Wildman–Crippen MR) is 89.5 cm³/mol. The summed E-state index contributed by atoms with van der Waals surface area (Å²) in [7, 11) is 3.00. The molecule has 2 aromatic rings. The lowest BCUT2D eigenvalue weighted by atomic mass is 10.1. The molecule has 0 atom stereocenters. The molecule has 0 aliphatic rings. The number of ether oxygens (including phenoxy) is 3. The van der Waals surface area contributed by atoms with Gasteiger partial charge in [-0.15, -0.1) is 0 Å². The first-order valence-corrected chi connectivity index (χ1v) is 7.33. The van der Waals surface area contributed by atoms with E-state index in [1.165, 1.54) is 7.11 Å². The number of aryl methyl sites for hydroxylation is 1. The Kier molecular flexibility index (Phi) is 5.86. The van der Waals surface area contributed by atoms with E-state index < -0.39 is 0 Å². The second-order valence-corrected chi connectivity index (χ2v) is 4.99. The number of rotatable bonds is 7. The van der Waals surface area contributed by atoms with Gasteiger partial charge in [-0.2, -0.15) is 0 Å². The number of carbonyl (C=O) groups excluding carboxylic acids is 1. The van der Waals surface area contributed by atoms with Gasteiger partial charge in [0, 0.05) is 12.2 Å². The van der Waals surface area contributed by atoms with Gasteiger partial charge >= 0.3 is 5.97 Å². The standard InChI is InChI=1S/C18H21NO4/c1-13-4-9-17(16(12-13)18(20)22-3)19-10-11-23-15-7-5-14(21-2)6-8-15/h4-9,12,19H,10-11H2,1-3H3. The van der Waals surface area contributed by atoms with E-state index >= 15 is 0 Å². The Morgan fingerprint density at radius 2 is 1.74 bits per heavy atom. The Balaban J connectivity index is 1.89. The largest absolute Gasteiger partial charge is 0.497 e. The lowest BCUT2D eigenvalue weighted by Crippen LogP contribution is -2.14. The third-order valence-corrected chi connectivity index (χ3v) is 3.33. The van der Waals surface area contributed by atoms with Gasteiger partial charge in [-0.1, -0.05) is 11.6 Å². The van der Waals surface area contributed by atoms with Crippen LogP contribution in [0.25, 0.3) is 0 Å². The van der Waals surface area contributed by atoms with Crippen molar-refractivity contribution in [3.63, 3.8) is 0 Å². The fraction of sp³-hybridized carbons (Fsp3) is 0.278. The van der Waals surface area contributed by atoms with E-state index in [0.29, 0.717) is 18.7 Å². The van der Waals surface area contributed by atoms with Crippen LogP contribution in [0.4, 0.5) is 5.69 Å². The molecule has 0 aliphatic heterocycles. The van der Waals surface area contributed by atoms with Crippen LogP contribution < -0.4 is 14.8 Å². The van der Waals surface area contributed by atoms with Crippen LogP contribution in [0.3, 0.4) is 0 Å². The van der Waals surface area contributed by atoms with Crippen molar-refractivity contribution < 1.29 is 19.0 Å². The van der Waals surface area contributed by atoms with Gasteiger partial charge in [0.2, 0.25) is 0 Å². The number of methoxy groups -OCH3 is 2. The SMILES string of the molecule is COC(=O)c1cc(C)ccc1NCCOc1ccc(OC)cc1. The fourth-order valence-corrected chi connectivity index (χ4v) is 2.12. The van der Waals surface area contributed by atoms with E-state index in [1.807, 2.05) is 43.3 Å². The lowest BCUT2D eigenvalue weighted by molar-refractivity contribution is 0.0601. The molecule has 0 fully saturated rings. The smallest absolute Gasteiger partial charge is 0.339 e. The summed E-state index contributed by atoms with van der Waals surface area (Å²) in [6.45, 7) is 2.98. The Labute approximate surface area is 136 Å². The Morgan fingerprint density at radius 1 is 1.04 bits per heavy atom. The van der Waals surface area contributed by atoms with Crippen molar-refractivity contribution in [2.75, 3.05) is 32.7 Å². The molecule has 5 nitrogen and oxygen atoms in total. The van der Waals surface area contributed by atoms with Gasteiger partial charge in [0.15, 0.2) is 0 Å². The van der Waals surface area contributed by atoms with Gasteiger partial charge in [-0.3, -0.25) is 0 Å². The third kappa shape index (κ3) is 4.64. The highest BCUT2D eigenvalue weighted by atomic mass is 16.5. The molecule has 2 aromatic carbocycles. The topological polar surface area (TPSA) is 56.8 Å². The van der Waals surface area contributed by atoms with Crippen LogP contribution in [-0.2, 0) is 4.74 Å². The van der Waals surface area contributed by atoms with Crippen molar-refractivity contribution in [3.05, 3.63) is 53.6 Å². The summed E-state index contributed by atoms with van der Waals surface area (Å²) < 4.78 is 15.5. The Morgan fingerprint density at radius 3 is 2.39 bits per heavy atom. The number of esters is 1. The highest BCUT2D eigenvalue weighted by Gasteiger charge is 2.11. The quantitative estimate of drug-likeness (QED) is 0.628. The summed E-state index contributed by atoms with van der Waals surface area (Å²) >= 11 is 0. The van der Waals surface area contributed by atoms with Gasteiger partial charge in [0.05, 0.1) is 19.8 Å². The van der Waals surface area contributed by atoms with Crippen molar-refractivity contribution >= 4 is 11.7 Å². The monoisotopic (exact) mass is 315 g/mol. The molecule has 5 heteroatoms. The maximum Gasteiger partial charge on any atom is 0.339 e. The molecule has 1 N–H and O–H groups in total. The van der Waals surface area contributed by atoms with Crippen molar-refractivity contribution in [1.29, 1.82) is 0 Å². The molecule has 0 bridgehead atoms. The van der Waals surface area contributed by atoms with Crippen molar-refractivity contribution in [1.82, 2.24) is 0 Å². The zero-order valence-electron chi connectivity index (χ0n) is 13.6. The number of carbonyl (C=O) groups is 1. The van der Waals surface area contributed by atoms with Crippen LogP contribution in [0.2, 0.25) is 0 Å². The van der Waals surface area contributed by atoms with Crippen LogP contribution in [0.15, 0.2) is 42.5 Å². The molecule has 0 radical (unpaired) electrons. The molecule has 0 amide bonds. The van der Waals surface area contributed by atoms with Crippen molar-refractivity contribution in [2.45, 2.75) is 6.92 Å². The van der Waals surface area contributed by atoms with E-state index in [2.05, 4.69) is 5.32 Å². The van der Waals surface area contributed by atoms with Gasteiger partial charge in [0.1, 0.15) is 18.1 Å². The van der Waals surface area contributed by atoms with Crippen molar-refractivity contribution in [3.8, 4) is 11.5 Å². The number of hydrogen-bond donors (Lipinski definition) is 1. The average Bonchev–Trinajstić information content (AvgIpc) is 2.59. The van der Waals surface area contributed by atoms with Crippen LogP contribution >= 0.6 is 0 Å². The van der Waals surface area contributed by atoms with E-state index in [1.54, 1.807) is 13.2 Å². The third-order valence-electron chi connectivity index (χ3n) is 3.33. The van der Waals surface area contributed by atoms with E-state index in [0.717, 1.165) is 22.7 Å². The molecular formula is C18H21NO4. The minimum Gasteiger partial charge on any atom is -0.497 e. The highest BCUT2D eigenvalue weighted by molar-refractivity contribution is 5.95. The highest BCUT2D eigenvalue weighted by Crippen LogP contribution is 2.19. The van der Waals surface area contributed by atoms with E-state index in [9.17, 15) is 4.79 Å². The molecule has 122 valence electrons. The summed E-state index contributed by atoms with van der Waals surface area (Å²) in [5.74, 6) is 1.20. The number of hydrogen-bond acceptors (Lipinski definition) is 5. The van der Waals surface area contributed by atoms with Crippen LogP contribution in [0, 0.1) is 6.92 Å². The first kappa shape index (κ1) is 16.7. The second-order valence-electron chi connectivity index (χ2n) is 4.99. The molecule has 2 rings (SSSR count). The maximum absolute atomic E-state index is 11.8. The van der Waals surface area contributed by atoms with Gasteiger partial charge in [0.25, 0.3) is 0 Å². The Hall–Kier alpha value is -2.69. The lowest BCUT2D eigenvalue weighted by Gasteiger charge is -2.12. The molecule has 0 saturated carbocycles. The van der Waals surface area contributed by atoms with Gasteiger partial charge in [-0.05, 0) is 43.3 Å². The van der Waals surface area contributed by atoms with E-state index in [-0.39, 0.29) is 5.97 Å². The van der Waals surface area contributed by atoms with Gasteiger partial charge < -0.3 is 19.5 Å². The first-order chi connectivity index (χ1) is 11.1. The summed E-state index contributed by atoms with van der Waals surface area (Å²) in [4.78, 5) is 11.8. The fourth-order valence-electron chi connectivity index (χ4n) is 2.12. The summed E-state index contributed by atoms with van der Waals surface area (Å²) in [6.07, 6.45) is 0. The summed E-state index contributed by atoms with van der Waals surface area (Å²) in [6, 6.07) is 13.0. The normalized spacial score (nSPS) is 10.0. The van der Waals surface area contributed by atoms with Gasteiger partial charge in [-0.25, -0.2) is 4.79 Å². The predicted octanol–water partition coefficient (Wildman–Crippen LogP) is 3.28. The zero-order chi connectivity index (χ0) is 16.7. The molecule has 0 aromatic heterocycles. The zero-order valence-corrected chi connectivity index (χ0v) is 13.6. The van der Waals surface area contributed by atoms with E-state index in [4.69, 9.17) is 14.2 Å². The van der Waals surface area contributed by atoms with Crippen molar-refractivity contribution in [2.24, 2.45) is 0 Å². The van der Waals surface area contributed by atoms with Crippen LogP contribution in [0.5, 0.6) is 11.5 Å². The average molecular weight is 315 g/mol. The number of benzene rings is 2. The number of nitrogens with one attached hydrogen (secondary N) is 1. The van der Waals surface area contributed by atoms with Crippen LogP contribution in [-0.4, -0.2) is 33.3 Å². The molecular weight excluding hydrogens is 294 g/mol. The minimum atomic E-state index is -0.354. The Bertz CT molecular complexity index is 653. The molecule has 0 heterocycles. The number of anilines is 1. The minimum absolute atomic E-state index is 0.354. The summed E-state index contributed by atoms with van der Waals surface area (Å²) in [5, 5.41) is 3.20. The maximum atomic E-state index is 11.8. The first-order valence-electron chi connectivity index (χ1n) is 7.33. The molecule has 23 heavy (non-hydrogen) atoms. The molecule has 0 spiro atoms. The summed E-state index contributed by atoms with van der Waals surface area (Å²) in [5.41, 5.74) is 2.27. The van der Waals surface area contributed by atoms with Crippen LogP contribution in [0.1, 0.15) is 15.9 Å². The second kappa shape index (κ2) is 8.08. The molecule has 0 unspecified atom stereocenters. The molecule has 0 saturated heterocycles.